The Morgan fingerprint density at radius 3 is 2.32 bits per heavy atom. The van der Waals surface area contributed by atoms with Gasteiger partial charge in [-0.3, -0.25) is 9.79 Å². The molecule has 5 nitrogen and oxygen atoms in total. The molecule has 2 N–H and O–H groups in total. The van der Waals surface area contributed by atoms with E-state index in [-0.39, 0.29) is 29.9 Å². The number of piperidine rings is 1. The van der Waals surface area contributed by atoms with Crippen LogP contribution in [0.3, 0.4) is 0 Å². The second kappa shape index (κ2) is 11.2. The Morgan fingerprint density at radius 2 is 1.80 bits per heavy atom. The molecule has 1 heterocycles. The summed E-state index contributed by atoms with van der Waals surface area (Å²) in [6.45, 7) is 8.20. The van der Waals surface area contributed by atoms with Crippen molar-refractivity contribution in [3.8, 4) is 0 Å². The molecule has 25 heavy (non-hydrogen) atoms. The van der Waals surface area contributed by atoms with Gasteiger partial charge in [-0.25, -0.2) is 0 Å². The van der Waals surface area contributed by atoms with Crippen LogP contribution in [0.25, 0.3) is 0 Å². The summed E-state index contributed by atoms with van der Waals surface area (Å²) < 4.78 is 0. The van der Waals surface area contributed by atoms with Crippen LogP contribution in [0.4, 0.5) is 0 Å². The fourth-order valence-corrected chi connectivity index (χ4v) is 3.79. The standard InChI is InChI=1S/C19H36N4O.HI/c1-5-8-15-13-17(15)22-19(20-4)21-16-9-11-23(12-10-16)18(24)14(6-2)7-3;/h14-17H,5-13H2,1-4H3,(H2,20,21,22);1H. The van der Waals surface area contributed by atoms with Gasteiger partial charge >= 0.3 is 0 Å². The van der Waals surface area contributed by atoms with E-state index in [1.807, 2.05) is 7.05 Å². The maximum absolute atomic E-state index is 12.5. The molecule has 2 aliphatic rings. The first-order valence-corrected chi connectivity index (χ1v) is 9.91. The van der Waals surface area contributed by atoms with Crippen LogP contribution in [0, 0.1) is 11.8 Å². The van der Waals surface area contributed by atoms with E-state index in [0.29, 0.717) is 18.0 Å². The first-order chi connectivity index (χ1) is 11.6. The lowest BCUT2D eigenvalue weighted by molar-refractivity contribution is -0.136. The molecule has 0 bridgehead atoms. The van der Waals surface area contributed by atoms with Gasteiger partial charge in [-0.15, -0.1) is 24.0 Å². The minimum absolute atomic E-state index is 0. The van der Waals surface area contributed by atoms with Crippen LogP contribution in [0.1, 0.15) is 65.7 Å². The number of carbonyl (C=O) groups is 1. The van der Waals surface area contributed by atoms with E-state index >= 15 is 0 Å². The number of nitrogens with one attached hydrogen (secondary N) is 2. The Bertz CT molecular complexity index is 431. The molecule has 2 unspecified atom stereocenters. The lowest BCUT2D eigenvalue weighted by Crippen LogP contribution is -2.51. The van der Waals surface area contributed by atoms with Gasteiger partial charge in [0.1, 0.15) is 0 Å². The van der Waals surface area contributed by atoms with Crippen molar-refractivity contribution in [2.75, 3.05) is 20.1 Å². The highest BCUT2D eigenvalue weighted by Crippen LogP contribution is 2.34. The number of likely N-dealkylation sites (tertiary alicyclic amines) is 1. The first-order valence-electron chi connectivity index (χ1n) is 9.91. The highest BCUT2D eigenvalue weighted by molar-refractivity contribution is 14.0. The van der Waals surface area contributed by atoms with Crippen LogP contribution >= 0.6 is 24.0 Å². The zero-order valence-corrected chi connectivity index (χ0v) is 18.7. The number of guanidine groups is 1. The largest absolute Gasteiger partial charge is 0.354 e. The number of rotatable bonds is 7. The summed E-state index contributed by atoms with van der Waals surface area (Å²) >= 11 is 0. The van der Waals surface area contributed by atoms with Crippen molar-refractivity contribution in [3.05, 3.63) is 0 Å². The van der Waals surface area contributed by atoms with Gasteiger partial charge in [0, 0.05) is 38.1 Å². The van der Waals surface area contributed by atoms with Gasteiger partial charge in [-0.05, 0) is 44.4 Å². The average Bonchev–Trinajstić information content (AvgIpc) is 3.33. The van der Waals surface area contributed by atoms with E-state index in [4.69, 9.17) is 0 Å². The zero-order chi connectivity index (χ0) is 17.5. The summed E-state index contributed by atoms with van der Waals surface area (Å²) in [5.41, 5.74) is 0. The molecule has 0 spiro atoms. The Kier molecular flexibility index (Phi) is 10.1. The van der Waals surface area contributed by atoms with Gasteiger partial charge in [0.05, 0.1) is 0 Å². The minimum Gasteiger partial charge on any atom is -0.354 e. The van der Waals surface area contributed by atoms with Gasteiger partial charge in [0.2, 0.25) is 5.91 Å². The molecule has 0 radical (unpaired) electrons. The summed E-state index contributed by atoms with van der Waals surface area (Å²) in [4.78, 5) is 18.9. The molecule has 146 valence electrons. The summed E-state index contributed by atoms with van der Waals surface area (Å²) in [6.07, 6.45) is 7.76. The first kappa shape index (κ1) is 22.5. The third-order valence-corrected chi connectivity index (χ3v) is 5.61. The second-order valence-corrected chi connectivity index (χ2v) is 7.36. The number of hydrogen-bond donors (Lipinski definition) is 2. The molecule has 1 saturated carbocycles. The normalized spacial score (nSPS) is 24.0. The number of amides is 1. The predicted octanol–water partition coefficient (Wildman–Crippen LogP) is 3.39. The van der Waals surface area contributed by atoms with E-state index in [9.17, 15) is 4.79 Å². The fraction of sp³-hybridized carbons (Fsp3) is 0.895. The molecule has 1 aliphatic carbocycles. The third-order valence-electron chi connectivity index (χ3n) is 5.61. The molecule has 2 fully saturated rings. The predicted molar refractivity (Wildman–Crippen MR) is 116 cm³/mol. The van der Waals surface area contributed by atoms with E-state index in [1.54, 1.807) is 0 Å². The average molecular weight is 464 g/mol. The Hall–Kier alpha value is -0.530. The summed E-state index contributed by atoms with van der Waals surface area (Å²) in [5, 5.41) is 7.11. The highest BCUT2D eigenvalue weighted by Gasteiger charge is 2.37. The number of aliphatic imine (C=N–C) groups is 1. The van der Waals surface area contributed by atoms with E-state index < -0.39 is 0 Å². The quantitative estimate of drug-likeness (QED) is 0.345. The molecule has 0 aromatic rings. The SMILES string of the molecule is CCCC1CC1NC(=NC)NC1CCN(C(=O)C(CC)CC)CC1.I. The van der Waals surface area contributed by atoms with E-state index in [0.717, 1.165) is 50.7 Å². The summed E-state index contributed by atoms with van der Waals surface area (Å²) in [5.74, 6) is 2.31. The van der Waals surface area contributed by atoms with Crippen molar-refractivity contribution >= 4 is 35.8 Å². The van der Waals surface area contributed by atoms with E-state index in [2.05, 4.69) is 41.3 Å². The van der Waals surface area contributed by atoms with Gasteiger partial charge in [0.15, 0.2) is 5.96 Å². The van der Waals surface area contributed by atoms with Crippen molar-refractivity contribution in [1.29, 1.82) is 0 Å². The zero-order valence-electron chi connectivity index (χ0n) is 16.4. The lowest BCUT2D eigenvalue weighted by atomic mass is 9.98. The van der Waals surface area contributed by atoms with Crippen LogP contribution in [0.5, 0.6) is 0 Å². The van der Waals surface area contributed by atoms with Crippen LogP contribution in [-0.2, 0) is 4.79 Å². The smallest absolute Gasteiger partial charge is 0.225 e. The maximum Gasteiger partial charge on any atom is 0.225 e. The number of carbonyl (C=O) groups excluding carboxylic acids is 1. The molecular weight excluding hydrogens is 427 g/mol. The number of hydrogen-bond acceptors (Lipinski definition) is 2. The Balaban J connectivity index is 0.00000312. The monoisotopic (exact) mass is 464 g/mol. The minimum atomic E-state index is 0. The van der Waals surface area contributed by atoms with Crippen LogP contribution < -0.4 is 10.6 Å². The molecule has 6 heteroatoms. The lowest BCUT2D eigenvalue weighted by Gasteiger charge is -2.35. The van der Waals surface area contributed by atoms with E-state index in [1.165, 1.54) is 19.3 Å². The van der Waals surface area contributed by atoms with Crippen molar-refractivity contribution in [3.63, 3.8) is 0 Å². The van der Waals surface area contributed by atoms with Gasteiger partial charge in [0.25, 0.3) is 0 Å². The Labute approximate surface area is 170 Å². The molecule has 0 aromatic heterocycles. The van der Waals surface area contributed by atoms with Crippen molar-refractivity contribution in [2.24, 2.45) is 16.8 Å². The summed E-state index contributed by atoms with van der Waals surface area (Å²) in [7, 11) is 1.85. The van der Waals surface area contributed by atoms with Gasteiger partial charge in [-0.1, -0.05) is 27.2 Å². The molecule has 0 aromatic carbocycles. The van der Waals surface area contributed by atoms with Crippen LogP contribution in [0.2, 0.25) is 0 Å². The number of halogens is 1. The molecular formula is C19H37IN4O. The second-order valence-electron chi connectivity index (χ2n) is 7.36. The van der Waals surface area contributed by atoms with Gasteiger partial charge in [-0.2, -0.15) is 0 Å². The van der Waals surface area contributed by atoms with Crippen molar-refractivity contribution < 1.29 is 4.79 Å². The topological polar surface area (TPSA) is 56.7 Å². The highest BCUT2D eigenvalue weighted by atomic mass is 127. The molecule has 2 rings (SSSR count). The van der Waals surface area contributed by atoms with Crippen molar-refractivity contribution in [2.45, 2.75) is 77.8 Å². The fourth-order valence-electron chi connectivity index (χ4n) is 3.79. The van der Waals surface area contributed by atoms with Gasteiger partial charge < -0.3 is 15.5 Å². The third kappa shape index (κ3) is 6.61. The molecule has 1 saturated heterocycles. The molecule has 2 atom stereocenters. The summed E-state index contributed by atoms with van der Waals surface area (Å²) in [6, 6.07) is 1.03. The van der Waals surface area contributed by atoms with Crippen LogP contribution in [-0.4, -0.2) is 49.0 Å². The number of nitrogens with zero attached hydrogens (tertiary/aromatic N) is 2. The molecule has 1 amide bonds. The molecule has 1 aliphatic heterocycles. The Morgan fingerprint density at radius 1 is 1.16 bits per heavy atom. The van der Waals surface area contributed by atoms with Crippen molar-refractivity contribution in [1.82, 2.24) is 15.5 Å². The van der Waals surface area contributed by atoms with Crippen LogP contribution in [0.15, 0.2) is 4.99 Å². The maximum atomic E-state index is 12.5.